The molecule has 0 saturated carbocycles. The van der Waals surface area contributed by atoms with Crippen molar-refractivity contribution in [3.05, 3.63) is 81.9 Å². The van der Waals surface area contributed by atoms with Gasteiger partial charge in [-0.1, -0.05) is 24.3 Å². The SMILES string of the molecule is CCOC(=O)C(Cc1cc2c(cc1CC(NC(C)=O)(C(=O)OCC)C(=O)OCC)C(=O)c1cc3ccccc3cc1C2=O)(NC(C)=O)C(=O)OCC. The molecule has 0 heterocycles. The van der Waals surface area contributed by atoms with Crippen LogP contribution in [0.5, 0.6) is 0 Å². The molecule has 0 radical (unpaired) electrons. The van der Waals surface area contributed by atoms with Crippen LogP contribution in [-0.4, -0.2) is 84.8 Å². The minimum atomic E-state index is -2.54. The largest absolute Gasteiger partial charge is 0.464 e. The lowest BCUT2D eigenvalue weighted by atomic mass is 9.77. The predicted octanol–water partition coefficient (Wildman–Crippen LogP) is 2.70. The molecule has 274 valence electrons. The molecule has 4 rings (SSSR count). The minimum Gasteiger partial charge on any atom is -0.464 e. The molecule has 14 nitrogen and oxygen atoms in total. The van der Waals surface area contributed by atoms with Crippen molar-refractivity contribution in [3.63, 3.8) is 0 Å². The Kier molecular flexibility index (Phi) is 11.9. The van der Waals surface area contributed by atoms with E-state index in [1.807, 2.05) is 0 Å². The van der Waals surface area contributed by atoms with E-state index >= 15 is 0 Å². The molecule has 3 aromatic carbocycles. The molecule has 2 amide bonds. The molecular weight excluding hydrogens is 676 g/mol. The molecule has 0 aliphatic heterocycles. The topological polar surface area (TPSA) is 198 Å². The average Bonchev–Trinajstić information content (AvgIpc) is 3.09. The number of fused-ring (bicyclic) bond motifs is 3. The van der Waals surface area contributed by atoms with E-state index in [1.165, 1.54) is 39.8 Å². The standard InChI is InChI=1S/C38H40N2O12/c1-7-49-33(45)37(39-21(5)41,34(46)50-8-2)19-25-17-29-30(32(44)28-16-24-14-12-11-13-23(24)15-27(28)31(29)43)18-26(25)20-38(40-22(6)42,35(47)51-9-3)36(48)52-10-4/h11-18H,7-10,19-20H2,1-6H3,(H,39,41)(H,40,42). The molecule has 0 saturated heterocycles. The van der Waals surface area contributed by atoms with Crippen molar-refractivity contribution < 1.29 is 57.3 Å². The molecule has 1 aliphatic rings. The molecule has 0 atom stereocenters. The summed E-state index contributed by atoms with van der Waals surface area (Å²) in [6, 6.07) is 12.8. The second kappa shape index (κ2) is 16.0. The third-order valence-electron chi connectivity index (χ3n) is 8.39. The number of hydrogen-bond acceptors (Lipinski definition) is 12. The third kappa shape index (κ3) is 7.41. The Morgan fingerprint density at radius 1 is 0.519 bits per heavy atom. The Morgan fingerprint density at radius 2 is 0.808 bits per heavy atom. The van der Waals surface area contributed by atoms with E-state index in [-0.39, 0.29) is 59.8 Å². The number of ether oxygens (including phenoxy) is 4. The number of rotatable bonds is 14. The van der Waals surface area contributed by atoms with Crippen molar-refractivity contribution in [1.29, 1.82) is 0 Å². The molecule has 0 aromatic heterocycles. The van der Waals surface area contributed by atoms with Gasteiger partial charge in [-0.25, -0.2) is 19.2 Å². The maximum atomic E-state index is 14.2. The smallest absolute Gasteiger partial charge is 0.344 e. The number of ketones is 2. The Balaban J connectivity index is 2.09. The summed E-state index contributed by atoms with van der Waals surface area (Å²) < 4.78 is 21.0. The van der Waals surface area contributed by atoms with Crippen LogP contribution >= 0.6 is 0 Å². The fourth-order valence-electron chi connectivity index (χ4n) is 6.24. The van der Waals surface area contributed by atoms with Gasteiger partial charge in [0, 0.05) is 48.9 Å². The van der Waals surface area contributed by atoms with Crippen molar-refractivity contribution in [3.8, 4) is 0 Å². The monoisotopic (exact) mass is 716 g/mol. The first-order valence-corrected chi connectivity index (χ1v) is 16.7. The van der Waals surface area contributed by atoms with Crippen LogP contribution in [0, 0.1) is 0 Å². The van der Waals surface area contributed by atoms with Crippen LogP contribution in [0.15, 0.2) is 48.5 Å². The van der Waals surface area contributed by atoms with E-state index in [1.54, 1.807) is 36.4 Å². The maximum absolute atomic E-state index is 14.2. The molecule has 14 heteroatoms. The second-order valence-corrected chi connectivity index (χ2v) is 12.0. The van der Waals surface area contributed by atoms with Crippen molar-refractivity contribution in [2.75, 3.05) is 26.4 Å². The van der Waals surface area contributed by atoms with Gasteiger partial charge in [-0.05, 0) is 73.9 Å². The van der Waals surface area contributed by atoms with Gasteiger partial charge in [-0.3, -0.25) is 19.2 Å². The molecule has 0 spiro atoms. The highest BCUT2D eigenvalue weighted by molar-refractivity contribution is 6.29. The summed E-state index contributed by atoms with van der Waals surface area (Å²) in [4.78, 5) is 108. The number of benzene rings is 3. The van der Waals surface area contributed by atoms with Gasteiger partial charge in [0.05, 0.1) is 26.4 Å². The van der Waals surface area contributed by atoms with Crippen molar-refractivity contribution in [2.45, 2.75) is 65.5 Å². The molecule has 0 unspecified atom stereocenters. The zero-order chi connectivity index (χ0) is 38.4. The summed E-state index contributed by atoms with van der Waals surface area (Å²) in [6.45, 7) is 7.25. The second-order valence-electron chi connectivity index (χ2n) is 12.0. The summed E-state index contributed by atoms with van der Waals surface area (Å²) >= 11 is 0. The van der Waals surface area contributed by atoms with Gasteiger partial charge in [0.2, 0.25) is 22.9 Å². The summed E-state index contributed by atoms with van der Waals surface area (Å²) in [6.07, 6.45) is -1.47. The first-order valence-electron chi connectivity index (χ1n) is 16.7. The van der Waals surface area contributed by atoms with E-state index in [4.69, 9.17) is 18.9 Å². The van der Waals surface area contributed by atoms with Gasteiger partial charge in [0.15, 0.2) is 11.6 Å². The number of nitrogens with one attached hydrogen (secondary N) is 2. The van der Waals surface area contributed by atoms with Gasteiger partial charge < -0.3 is 29.6 Å². The Bertz CT molecular complexity index is 1810. The zero-order valence-electron chi connectivity index (χ0n) is 29.8. The highest BCUT2D eigenvalue weighted by atomic mass is 16.6. The normalized spacial score (nSPS) is 12.3. The van der Waals surface area contributed by atoms with Crippen LogP contribution in [0.2, 0.25) is 0 Å². The van der Waals surface area contributed by atoms with Crippen LogP contribution in [0.25, 0.3) is 10.8 Å². The number of esters is 4. The average molecular weight is 717 g/mol. The van der Waals surface area contributed by atoms with Gasteiger partial charge in [0.1, 0.15) is 0 Å². The van der Waals surface area contributed by atoms with Crippen LogP contribution in [0.4, 0.5) is 0 Å². The van der Waals surface area contributed by atoms with Crippen LogP contribution in [-0.2, 0) is 60.6 Å². The lowest BCUT2D eigenvalue weighted by molar-refractivity contribution is -0.169. The van der Waals surface area contributed by atoms with Crippen LogP contribution < -0.4 is 10.6 Å². The van der Waals surface area contributed by atoms with E-state index < -0.39 is 71.2 Å². The molecule has 3 aromatic rings. The Hall–Kier alpha value is -5.92. The Labute approximate surface area is 299 Å². The van der Waals surface area contributed by atoms with Crippen LogP contribution in [0.1, 0.15) is 84.5 Å². The van der Waals surface area contributed by atoms with Crippen molar-refractivity contribution in [1.82, 2.24) is 10.6 Å². The molecule has 52 heavy (non-hydrogen) atoms. The summed E-state index contributed by atoms with van der Waals surface area (Å²) in [7, 11) is 0. The van der Waals surface area contributed by atoms with Crippen molar-refractivity contribution in [2.24, 2.45) is 0 Å². The number of carbonyl (C=O) groups is 8. The lowest BCUT2D eigenvalue weighted by Crippen LogP contribution is -2.63. The number of carbonyl (C=O) groups excluding carboxylic acids is 8. The summed E-state index contributed by atoms with van der Waals surface area (Å²) in [5.41, 5.74) is -5.22. The first-order chi connectivity index (χ1) is 24.7. The minimum absolute atomic E-state index is 0.0534. The van der Waals surface area contributed by atoms with Crippen LogP contribution in [0.3, 0.4) is 0 Å². The summed E-state index contributed by atoms with van der Waals surface area (Å²) in [5, 5.41) is 6.12. The highest BCUT2D eigenvalue weighted by Gasteiger charge is 2.53. The molecule has 0 bridgehead atoms. The van der Waals surface area contributed by atoms with E-state index in [0.717, 1.165) is 13.8 Å². The van der Waals surface area contributed by atoms with Gasteiger partial charge in [-0.2, -0.15) is 0 Å². The van der Waals surface area contributed by atoms with Gasteiger partial charge in [0.25, 0.3) is 0 Å². The Morgan fingerprint density at radius 3 is 1.08 bits per heavy atom. The fraction of sp³-hybridized carbons (Fsp3) is 0.368. The predicted molar refractivity (Wildman–Crippen MR) is 184 cm³/mol. The van der Waals surface area contributed by atoms with Crippen molar-refractivity contribution >= 4 is 58.0 Å². The summed E-state index contributed by atoms with van der Waals surface area (Å²) in [5.74, 6) is -7.57. The molecule has 1 aliphatic carbocycles. The van der Waals surface area contributed by atoms with Gasteiger partial charge in [-0.15, -0.1) is 0 Å². The zero-order valence-corrected chi connectivity index (χ0v) is 29.8. The quantitative estimate of drug-likeness (QED) is 0.110. The van der Waals surface area contributed by atoms with Gasteiger partial charge >= 0.3 is 23.9 Å². The van der Waals surface area contributed by atoms with E-state index in [9.17, 15) is 38.4 Å². The number of amides is 2. The third-order valence-corrected chi connectivity index (χ3v) is 8.39. The fourth-order valence-corrected chi connectivity index (χ4v) is 6.24. The molecule has 2 N–H and O–H groups in total. The maximum Gasteiger partial charge on any atom is 0.344 e. The highest BCUT2D eigenvalue weighted by Crippen LogP contribution is 2.35. The molecular formula is C38H40N2O12. The number of hydrogen-bond donors (Lipinski definition) is 2. The van der Waals surface area contributed by atoms with E-state index in [0.29, 0.717) is 10.8 Å². The first kappa shape index (κ1) is 38.9. The van der Waals surface area contributed by atoms with E-state index in [2.05, 4.69) is 10.6 Å². The molecule has 0 fully saturated rings. The lowest BCUT2D eigenvalue weighted by Gasteiger charge is -2.33.